The summed E-state index contributed by atoms with van der Waals surface area (Å²) in [6.07, 6.45) is 7.29. The number of carbonyl (C=O) groups excluding carboxylic acids is 1. The van der Waals surface area contributed by atoms with Crippen molar-refractivity contribution < 1.29 is 4.79 Å². The minimum atomic E-state index is 0.0947. The Morgan fingerprint density at radius 3 is 2.73 bits per heavy atom. The van der Waals surface area contributed by atoms with Crippen LogP contribution in [0.15, 0.2) is 24.5 Å². The molecule has 82 valence electrons. The summed E-state index contributed by atoms with van der Waals surface area (Å²) in [7, 11) is 0. The summed E-state index contributed by atoms with van der Waals surface area (Å²) < 4.78 is 0. The molecule has 1 aromatic heterocycles. The Balaban J connectivity index is 2.19. The molecule has 1 heterocycles. The topological polar surface area (TPSA) is 42.0 Å². The number of hydrogen-bond donors (Lipinski definition) is 1. The van der Waals surface area contributed by atoms with Crippen LogP contribution < -0.4 is 5.32 Å². The highest BCUT2D eigenvalue weighted by atomic mass is 16.1. The Morgan fingerprint density at radius 1 is 1.33 bits per heavy atom. The molecule has 3 heteroatoms. The molecule has 0 saturated heterocycles. The second-order valence-electron chi connectivity index (χ2n) is 3.59. The maximum absolute atomic E-state index is 11.4. The molecule has 0 spiro atoms. The van der Waals surface area contributed by atoms with Gasteiger partial charge in [0, 0.05) is 18.9 Å². The van der Waals surface area contributed by atoms with Crippen LogP contribution in [-0.2, 0) is 11.2 Å². The van der Waals surface area contributed by atoms with E-state index in [0.717, 1.165) is 18.5 Å². The van der Waals surface area contributed by atoms with Gasteiger partial charge in [-0.3, -0.25) is 9.78 Å². The van der Waals surface area contributed by atoms with E-state index in [1.807, 2.05) is 12.1 Å². The molecular weight excluding hydrogens is 188 g/mol. The first-order valence-electron chi connectivity index (χ1n) is 5.48. The summed E-state index contributed by atoms with van der Waals surface area (Å²) in [5.74, 6) is 0.0947. The molecule has 0 aromatic carbocycles. The van der Waals surface area contributed by atoms with Crippen molar-refractivity contribution in [2.45, 2.75) is 32.6 Å². The van der Waals surface area contributed by atoms with E-state index in [4.69, 9.17) is 0 Å². The van der Waals surface area contributed by atoms with Gasteiger partial charge in [-0.2, -0.15) is 0 Å². The third kappa shape index (κ3) is 5.15. The number of nitrogens with one attached hydrogen (secondary N) is 1. The number of aromatic nitrogens is 1. The lowest BCUT2D eigenvalue weighted by Gasteiger charge is -2.04. The van der Waals surface area contributed by atoms with Crippen molar-refractivity contribution in [3.63, 3.8) is 0 Å². The van der Waals surface area contributed by atoms with Crippen molar-refractivity contribution in [3.05, 3.63) is 30.1 Å². The highest BCUT2D eigenvalue weighted by molar-refractivity contribution is 5.78. The molecule has 0 bridgehead atoms. The van der Waals surface area contributed by atoms with Gasteiger partial charge in [0.2, 0.25) is 5.91 Å². The van der Waals surface area contributed by atoms with E-state index in [1.54, 1.807) is 12.4 Å². The molecule has 0 aliphatic heterocycles. The zero-order valence-corrected chi connectivity index (χ0v) is 9.20. The Bertz CT molecular complexity index is 285. The molecule has 0 unspecified atom stereocenters. The average molecular weight is 206 g/mol. The molecule has 1 aromatic rings. The minimum absolute atomic E-state index is 0.0947. The lowest BCUT2D eigenvalue weighted by molar-refractivity contribution is -0.120. The van der Waals surface area contributed by atoms with Gasteiger partial charge in [-0.15, -0.1) is 0 Å². The quantitative estimate of drug-likeness (QED) is 0.723. The summed E-state index contributed by atoms with van der Waals surface area (Å²) in [4.78, 5) is 15.4. The van der Waals surface area contributed by atoms with Gasteiger partial charge in [0.1, 0.15) is 0 Å². The molecule has 1 amide bonds. The second-order valence-corrected chi connectivity index (χ2v) is 3.59. The SMILES string of the molecule is CCCCCNC(=O)Cc1ccncc1. The highest BCUT2D eigenvalue weighted by Gasteiger charge is 2.01. The predicted molar refractivity (Wildman–Crippen MR) is 60.5 cm³/mol. The van der Waals surface area contributed by atoms with Gasteiger partial charge < -0.3 is 5.32 Å². The average Bonchev–Trinajstić information content (AvgIpc) is 2.26. The number of nitrogens with zero attached hydrogens (tertiary/aromatic N) is 1. The number of rotatable bonds is 6. The van der Waals surface area contributed by atoms with E-state index < -0.39 is 0 Å². The number of carbonyl (C=O) groups is 1. The zero-order chi connectivity index (χ0) is 10.9. The zero-order valence-electron chi connectivity index (χ0n) is 9.20. The van der Waals surface area contributed by atoms with Crippen LogP contribution in [0.25, 0.3) is 0 Å². The number of unbranched alkanes of at least 4 members (excludes halogenated alkanes) is 2. The van der Waals surface area contributed by atoms with Crippen LogP contribution in [-0.4, -0.2) is 17.4 Å². The first-order valence-corrected chi connectivity index (χ1v) is 5.48. The first-order chi connectivity index (χ1) is 7.33. The largest absolute Gasteiger partial charge is 0.356 e. The minimum Gasteiger partial charge on any atom is -0.356 e. The van der Waals surface area contributed by atoms with Crippen LogP contribution in [0, 0.1) is 0 Å². The smallest absolute Gasteiger partial charge is 0.224 e. The van der Waals surface area contributed by atoms with E-state index in [0.29, 0.717) is 6.42 Å². The molecule has 0 radical (unpaired) electrons. The number of pyridine rings is 1. The van der Waals surface area contributed by atoms with Gasteiger partial charge in [-0.1, -0.05) is 19.8 Å². The van der Waals surface area contributed by atoms with E-state index in [2.05, 4.69) is 17.2 Å². The summed E-state index contributed by atoms with van der Waals surface area (Å²) in [6.45, 7) is 2.94. The van der Waals surface area contributed by atoms with Crippen LogP contribution in [0.3, 0.4) is 0 Å². The molecule has 0 fully saturated rings. The maximum atomic E-state index is 11.4. The number of amides is 1. The van der Waals surface area contributed by atoms with Crippen molar-refractivity contribution in [3.8, 4) is 0 Å². The fourth-order valence-electron chi connectivity index (χ4n) is 1.35. The molecule has 0 atom stereocenters. The molecule has 0 aliphatic rings. The van der Waals surface area contributed by atoms with Gasteiger partial charge >= 0.3 is 0 Å². The summed E-state index contributed by atoms with van der Waals surface area (Å²) in [5, 5.41) is 2.91. The fourth-order valence-corrected chi connectivity index (χ4v) is 1.35. The van der Waals surface area contributed by atoms with E-state index >= 15 is 0 Å². The van der Waals surface area contributed by atoms with Crippen molar-refractivity contribution in [1.29, 1.82) is 0 Å². The van der Waals surface area contributed by atoms with Crippen LogP contribution in [0.5, 0.6) is 0 Å². The van der Waals surface area contributed by atoms with Crippen LogP contribution in [0.2, 0.25) is 0 Å². The lowest BCUT2D eigenvalue weighted by Crippen LogP contribution is -2.26. The molecule has 3 nitrogen and oxygen atoms in total. The van der Waals surface area contributed by atoms with E-state index in [9.17, 15) is 4.79 Å². The Morgan fingerprint density at radius 2 is 2.07 bits per heavy atom. The Labute approximate surface area is 90.9 Å². The van der Waals surface area contributed by atoms with Gasteiger partial charge in [0.15, 0.2) is 0 Å². The molecule has 15 heavy (non-hydrogen) atoms. The lowest BCUT2D eigenvalue weighted by atomic mass is 10.2. The Kier molecular flexibility index (Phi) is 5.44. The number of hydrogen-bond acceptors (Lipinski definition) is 2. The van der Waals surface area contributed by atoms with Gasteiger partial charge in [-0.05, 0) is 24.1 Å². The maximum Gasteiger partial charge on any atom is 0.224 e. The fraction of sp³-hybridized carbons (Fsp3) is 0.500. The van der Waals surface area contributed by atoms with Crippen molar-refractivity contribution in [2.75, 3.05) is 6.54 Å². The summed E-state index contributed by atoms with van der Waals surface area (Å²) in [6, 6.07) is 3.73. The van der Waals surface area contributed by atoms with Crippen LogP contribution in [0.1, 0.15) is 31.7 Å². The third-order valence-electron chi connectivity index (χ3n) is 2.22. The van der Waals surface area contributed by atoms with Gasteiger partial charge in [-0.25, -0.2) is 0 Å². The third-order valence-corrected chi connectivity index (χ3v) is 2.22. The monoisotopic (exact) mass is 206 g/mol. The van der Waals surface area contributed by atoms with Crippen molar-refractivity contribution in [2.24, 2.45) is 0 Å². The standard InChI is InChI=1S/C12H18N2O/c1-2-3-4-7-14-12(15)10-11-5-8-13-9-6-11/h5-6,8-9H,2-4,7,10H2,1H3,(H,14,15). The van der Waals surface area contributed by atoms with Gasteiger partial charge in [0.25, 0.3) is 0 Å². The normalized spacial score (nSPS) is 9.93. The van der Waals surface area contributed by atoms with Gasteiger partial charge in [0.05, 0.1) is 6.42 Å². The van der Waals surface area contributed by atoms with Crippen molar-refractivity contribution in [1.82, 2.24) is 10.3 Å². The highest BCUT2D eigenvalue weighted by Crippen LogP contribution is 1.97. The molecular formula is C12H18N2O. The van der Waals surface area contributed by atoms with E-state index in [-0.39, 0.29) is 5.91 Å². The molecule has 1 rings (SSSR count). The van der Waals surface area contributed by atoms with Crippen LogP contribution in [0.4, 0.5) is 0 Å². The summed E-state index contributed by atoms with van der Waals surface area (Å²) >= 11 is 0. The molecule has 1 N–H and O–H groups in total. The first kappa shape index (κ1) is 11.7. The molecule has 0 aliphatic carbocycles. The summed E-state index contributed by atoms with van der Waals surface area (Å²) in [5.41, 5.74) is 1.01. The van der Waals surface area contributed by atoms with E-state index in [1.165, 1.54) is 12.8 Å². The second kappa shape index (κ2) is 6.98. The van der Waals surface area contributed by atoms with Crippen molar-refractivity contribution >= 4 is 5.91 Å². The predicted octanol–water partition coefficient (Wildman–Crippen LogP) is 1.93. The molecule has 0 saturated carbocycles. The van der Waals surface area contributed by atoms with Crippen LogP contribution >= 0.6 is 0 Å². The Hall–Kier alpha value is -1.38.